The number of phenols is 1. The molecule has 2 aromatic carbocycles. The van der Waals surface area contributed by atoms with Crippen LogP contribution in [0.1, 0.15) is 5.56 Å². The third-order valence-corrected chi connectivity index (χ3v) is 2.57. The van der Waals surface area contributed by atoms with Gasteiger partial charge in [-0.25, -0.2) is 9.18 Å². The number of halogens is 1. The summed E-state index contributed by atoms with van der Waals surface area (Å²) in [6, 6.07) is 9.81. The van der Waals surface area contributed by atoms with Crippen molar-refractivity contribution in [2.75, 3.05) is 10.6 Å². The molecule has 0 aliphatic carbocycles. The number of phenolic OH excluding ortho intramolecular Hbond substituents is 1. The maximum absolute atomic E-state index is 12.7. The van der Waals surface area contributed by atoms with Crippen molar-refractivity contribution in [1.29, 1.82) is 0 Å². The molecule has 0 spiro atoms. The molecule has 3 N–H and O–H groups in total. The Balaban J connectivity index is 2.01. The van der Waals surface area contributed by atoms with E-state index < -0.39 is 6.03 Å². The smallest absolute Gasteiger partial charge is 0.323 e. The summed E-state index contributed by atoms with van der Waals surface area (Å²) in [5.41, 5.74) is 1.68. The quantitative estimate of drug-likeness (QED) is 0.774. The Morgan fingerprint density at radius 1 is 1.05 bits per heavy atom. The highest BCUT2D eigenvalue weighted by Crippen LogP contribution is 2.21. The highest BCUT2D eigenvalue weighted by molar-refractivity contribution is 5.99. The van der Waals surface area contributed by atoms with Gasteiger partial charge in [0.25, 0.3) is 0 Å². The SMILES string of the molecule is Cc1ccc(NC(=O)Nc2ccc(F)cc2)cc1O. The van der Waals surface area contributed by atoms with Gasteiger partial charge in [-0.3, -0.25) is 0 Å². The summed E-state index contributed by atoms with van der Waals surface area (Å²) in [7, 11) is 0. The minimum Gasteiger partial charge on any atom is -0.508 e. The van der Waals surface area contributed by atoms with Crippen LogP contribution in [0, 0.1) is 12.7 Å². The minimum atomic E-state index is -0.463. The first kappa shape index (κ1) is 12.9. The lowest BCUT2D eigenvalue weighted by Gasteiger charge is -2.08. The summed E-state index contributed by atoms with van der Waals surface area (Å²) < 4.78 is 12.7. The number of nitrogens with one attached hydrogen (secondary N) is 2. The molecule has 0 bridgehead atoms. The molecule has 0 radical (unpaired) electrons. The van der Waals surface area contributed by atoms with Crippen LogP contribution in [-0.2, 0) is 0 Å². The Bertz CT molecular complexity index is 597. The van der Waals surface area contributed by atoms with E-state index in [4.69, 9.17) is 0 Å². The fourth-order valence-electron chi connectivity index (χ4n) is 1.51. The van der Waals surface area contributed by atoms with Gasteiger partial charge in [0.2, 0.25) is 0 Å². The largest absolute Gasteiger partial charge is 0.508 e. The van der Waals surface area contributed by atoms with Crippen molar-refractivity contribution >= 4 is 17.4 Å². The number of aromatic hydroxyl groups is 1. The zero-order chi connectivity index (χ0) is 13.8. The van der Waals surface area contributed by atoms with Crippen molar-refractivity contribution in [3.05, 3.63) is 53.8 Å². The van der Waals surface area contributed by atoms with Gasteiger partial charge in [-0.15, -0.1) is 0 Å². The first-order chi connectivity index (χ1) is 9.04. The maximum atomic E-state index is 12.7. The van der Waals surface area contributed by atoms with Crippen molar-refractivity contribution in [2.24, 2.45) is 0 Å². The zero-order valence-electron chi connectivity index (χ0n) is 10.3. The van der Waals surface area contributed by atoms with Crippen molar-refractivity contribution in [2.45, 2.75) is 6.92 Å². The number of hydrogen-bond acceptors (Lipinski definition) is 2. The Kier molecular flexibility index (Phi) is 3.66. The van der Waals surface area contributed by atoms with Crippen molar-refractivity contribution < 1.29 is 14.3 Å². The van der Waals surface area contributed by atoms with E-state index in [0.29, 0.717) is 11.4 Å². The number of benzene rings is 2. The minimum absolute atomic E-state index is 0.111. The lowest BCUT2D eigenvalue weighted by Crippen LogP contribution is -2.19. The Hall–Kier alpha value is -2.56. The van der Waals surface area contributed by atoms with E-state index in [0.717, 1.165) is 5.56 Å². The second-order valence-corrected chi connectivity index (χ2v) is 4.09. The van der Waals surface area contributed by atoms with E-state index in [1.165, 1.54) is 30.3 Å². The molecule has 19 heavy (non-hydrogen) atoms. The number of amides is 2. The van der Waals surface area contributed by atoms with E-state index in [1.54, 1.807) is 19.1 Å². The van der Waals surface area contributed by atoms with Crippen LogP contribution in [0.5, 0.6) is 5.75 Å². The van der Waals surface area contributed by atoms with E-state index in [2.05, 4.69) is 10.6 Å². The number of carbonyl (C=O) groups excluding carboxylic acids is 1. The summed E-state index contributed by atoms with van der Waals surface area (Å²) in [6.07, 6.45) is 0. The van der Waals surface area contributed by atoms with E-state index in [-0.39, 0.29) is 11.6 Å². The highest BCUT2D eigenvalue weighted by atomic mass is 19.1. The third-order valence-electron chi connectivity index (χ3n) is 2.57. The number of anilines is 2. The standard InChI is InChI=1S/C14H13FN2O2/c1-9-2-5-12(8-13(9)18)17-14(19)16-11-6-3-10(15)4-7-11/h2-8,18H,1H3,(H2,16,17,19). The molecule has 0 heterocycles. The number of aryl methyl sites for hydroxylation is 1. The van der Waals surface area contributed by atoms with Crippen LogP contribution in [0.15, 0.2) is 42.5 Å². The summed E-state index contributed by atoms with van der Waals surface area (Å²) >= 11 is 0. The van der Waals surface area contributed by atoms with Crippen LogP contribution in [0.4, 0.5) is 20.6 Å². The van der Waals surface area contributed by atoms with Gasteiger partial charge >= 0.3 is 6.03 Å². The van der Waals surface area contributed by atoms with Crippen LogP contribution in [-0.4, -0.2) is 11.1 Å². The van der Waals surface area contributed by atoms with E-state index in [9.17, 15) is 14.3 Å². The van der Waals surface area contributed by atoms with Crippen LogP contribution < -0.4 is 10.6 Å². The van der Waals surface area contributed by atoms with Gasteiger partial charge in [-0.05, 0) is 42.8 Å². The lowest BCUT2D eigenvalue weighted by atomic mass is 10.2. The first-order valence-corrected chi connectivity index (χ1v) is 5.68. The molecule has 0 fully saturated rings. The van der Waals surface area contributed by atoms with Gasteiger partial charge in [0.15, 0.2) is 0 Å². The molecule has 2 amide bonds. The Morgan fingerprint density at radius 2 is 1.63 bits per heavy atom. The van der Waals surface area contributed by atoms with Crippen molar-refractivity contribution in [1.82, 2.24) is 0 Å². The van der Waals surface area contributed by atoms with E-state index >= 15 is 0 Å². The summed E-state index contributed by atoms with van der Waals surface area (Å²) in [4.78, 5) is 11.7. The lowest BCUT2D eigenvalue weighted by molar-refractivity contribution is 0.262. The summed E-state index contributed by atoms with van der Waals surface area (Å²) in [5, 5.41) is 14.6. The van der Waals surface area contributed by atoms with Crippen molar-refractivity contribution in [3.63, 3.8) is 0 Å². The number of carbonyl (C=O) groups is 1. The third kappa shape index (κ3) is 3.45. The molecule has 4 nitrogen and oxygen atoms in total. The average Bonchev–Trinajstić information content (AvgIpc) is 2.37. The van der Waals surface area contributed by atoms with Gasteiger partial charge in [0.05, 0.1) is 0 Å². The summed E-state index contributed by atoms with van der Waals surface area (Å²) in [6.45, 7) is 1.76. The van der Waals surface area contributed by atoms with Gasteiger partial charge in [0, 0.05) is 17.4 Å². The summed E-state index contributed by atoms with van der Waals surface area (Å²) in [5.74, 6) is -0.256. The fraction of sp³-hybridized carbons (Fsp3) is 0.0714. The molecular formula is C14H13FN2O2. The fourth-order valence-corrected chi connectivity index (χ4v) is 1.51. The molecule has 2 aromatic rings. The molecule has 0 atom stereocenters. The Morgan fingerprint density at radius 3 is 2.26 bits per heavy atom. The number of hydrogen-bond donors (Lipinski definition) is 3. The molecule has 0 aliphatic heterocycles. The monoisotopic (exact) mass is 260 g/mol. The van der Waals surface area contributed by atoms with Crippen LogP contribution in [0.3, 0.4) is 0 Å². The number of rotatable bonds is 2. The molecule has 98 valence electrons. The molecule has 0 unspecified atom stereocenters. The topological polar surface area (TPSA) is 61.4 Å². The Labute approximate surface area is 109 Å². The van der Waals surface area contributed by atoms with Gasteiger partial charge < -0.3 is 15.7 Å². The molecule has 5 heteroatoms. The second-order valence-electron chi connectivity index (χ2n) is 4.09. The predicted molar refractivity (Wildman–Crippen MR) is 71.9 cm³/mol. The molecular weight excluding hydrogens is 247 g/mol. The molecule has 2 rings (SSSR count). The van der Waals surface area contributed by atoms with Gasteiger partial charge in [0.1, 0.15) is 11.6 Å². The van der Waals surface area contributed by atoms with E-state index in [1.807, 2.05) is 0 Å². The van der Waals surface area contributed by atoms with Gasteiger partial charge in [-0.1, -0.05) is 6.07 Å². The van der Waals surface area contributed by atoms with Crippen LogP contribution in [0.25, 0.3) is 0 Å². The van der Waals surface area contributed by atoms with Gasteiger partial charge in [-0.2, -0.15) is 0 Å². The predicted octanol–water partition coefficient (Wildman–Crippen LogP) is 3.48. The molecule has 0 aromatic heterocycles. The average molecular weight is 260 g/mol. The van der Waals surface area contributed by atoms with Crippen LogP contribution >= 0.6 is 0 Å². The van der Waals surface area contributed by atoms with Crippen molar-refractivity contribution in [3.8, 4) is 5.75 Å². The number of urea groups is 1. The molecule has 0 saturated carbocycles. The molecule has 0 saturated heterocycles. The second kappa shape index (κ2) is 5.39. The molecule has 0 aliphatic rings. The maximum Gasteiger partial charge on any atom is 0.323 e. The first-order valence-electron chi connectivity index (χ1n) is 5.68. The normalized spacial score (nSPS) is 10.0. The van der Waals surface area contributed by atoms with Crippen LogP contribution in [0.2, 0.25) is 0 Å². The highest BCUT2D eigenvalue weighted by Gasteiger charge is 2.04. The zero-order valence-corrected chi connectivity index (χ0v) is 10.3.